The molecule has 0 radical (unpaired) electrons. The minimum absolute atomic E-state index is 0.171. The lowest BCUT2D eigenvalue weighted by molar-refractivity contribution is -0.255. The number of carbonyl (C=O) groups excluding carboxylic acids is 3. The van der Waals surface area contributed by atoms with Gasteiger partial charge in [-0.3, -0.25) is 19.7 Å². The Bertz CT molecular complexity index is 597. The topological polar surface area (TPSA) is 94.1 Å². The first-order valence-electron chi connectivity index (χ1n) is 6.16. The minimum atomic E-state index is -0.558. The van der Waals surface area contributed by atoms with Crippen molar-refractivity contribution < 1.29 is 20.1 Å². The summed E-state index contributed by atoms with van der Waals surface area (Å²) in [6, 6.07) is 4.94. The fraction of sp³-hybridized carbons (Fsp3) is 0.308. The van der Waals surface area contributed by atoms with Crippen LogP contribution in [0.4, 0.5) is 5.69 Å². The van der Waals surface area contributed by atoms with Crippen LogP contribution in [0.15, 0.2) is 18.2 Å². The summed E-state index contributed by atoms with van der Waals surface area (Å²) in [5.41, 5.74) is 6.01. The summed E-state index contributed by atoms with van der Waals surface area (Å²) < 4.78 is 0. The average molecular weight is 260 g/mol. The average Bonchev–Trinajstić information content (AvgIpc) is 2.68. The number of nitrogens with zero attached hydrogens (tertiary/aromatic N) is 1. The number of benzene rings is 1. The monoisotopic (exact) mass is 260 g/mol. The van der Waals surface area contributed by atoms with Crippen molar-refractivity contribution in [2.75, 3.05) is 0 Å². The summed E-state index contributed by atoms with van der Waals surface area (Å²) in [5.74, 6) is -0.832. The number of carbonyl (C=O) groups is 3. The SMILES string of the molecule is [NH3+]c1cccc2c1C(=O)N(C1CCC(=O)NC1=O)C2. The maximum Gasteiger partial charge on any atom is 0.261 e. The molecule has 0 aromatic heterocycles. The molecule has 2 heterocycles. The van der Waals surface area contributed by atoms with E-state index in [4.69, 9.17) is 0 Å². The van der Waals surface area contributed by atoms with Gasteiger partial charge in [-0.15, -0.1) is 0 Å². The van der Waals surface area contributed by atoms with Crippen LogP contribution < -0.4 is 11.1 Å². The van der Waals surface area contributed by atoms with E-state index in [0.29, 0.717) is 24.2 Å². The van der Waals surface area contributed by atoms with E-state index in [0.717, 1.165) is 5.56 Å². The Morgan fingerprint density at radius 3 is 2.74 bits per heavy atom. The number of fused-ring (bicyclic) bond motifs is 1. The van der Waals surface area contributed by atoms with Crippen molar-refractivity contribution in [3.8, 4) is 0 Å². The standard InChI is InChI=1S/C13H13N3O3/c14-8-3-1-2-7-6-16(13(19)11(7)8)9-4-5-10(17)15-12(9)18/h1-3,9H,4-6,14H2,(H,15,17,18)/p+1. The molecule has 2 aliphatic rings. The van der Waals surface area contributed by atoms with Crippen molar-refractivity contribution in [1.29, 1.82) is 0 Å². The van der Waals surface area contributed by atoms with Crippen molar-refractivity contribution in [3.63, 3.8) is 0 Å². The van der Waals surface area contributed by atoms with Gasteiger partial charge in [0.2, 0.25) is 11.8 Å². The Kier molecular flexibility index (Phi) is 2.60. The molecule has 4 N–H and O–H groups in total. The quantitative estimate of drug-likeness (QED) is 0.655. The number of hydrogen-bond donors (Lipinski definition) is 2. The second-order valence-corrected chi connectivity index (χ2v) is 4.85. The maximum absolute atomic E-state index is 12.4. The largest absolute Gasteiger partial charge is 0.325 e. The smallest absolute Gasteiger partial charge is 0.261 e. The molecule has 3 amide bonds. The van der Waals surface area contributed by atoms with E-state index in [1.54, 1.807) is 6.07 Å². The molecule has 1 aromatic rings. The molecule has 6 nitrogen and oxygen atoms in total. The predicted molar refractivity (Wildman–Crippen MR) is 65.0 cm³/mol. The van der Waals surface area contributed by atoms with E-state index in [1.807, 2.05) is 12.1 Å². The van der Waals surface area contributed by atoms with Crippen molar-refractivity contribution >= 4 is 23.4 Å². The Hall–Kier alpha value is -2.21. The molecule has 0 spiro atoms. The van der Waals surface area contributed by atoms with Gasteiger partial charge in [0.25, 0.3) is 5.91 Å². The number of nitrogens with one attached hydrogen (secondary N) is 1. The lowest BCUT2D eigenvalue weighted by Gasteiger charge is -2.29. The molecular weight excluding hydrogens is 246 g/mol. The molecule has 1 atom stereocenters. The van der Waals surface area contributed by atoms with Gasteiger partial charge < -0.3 is 10.6 Å². The van der Waals surface area contributed by atoms with Crippen LogP contribution >= 0.6 is 0 Å². The zero-order valence-corrected chi connectivity index (χ0v) is 10.3. The molecular formula is C13H14N3O3+. The number of piperidine rings is 1. The second kappa shape index (κ2) is 4.17. The first-order chi connectivity index (χ1) is 9.08. The van der Waals surface area contributed by atoms with E-state index in [1.165, 1.54) is 4.90 Å². The molecule has 98 valence electrons. The molecule has 19 heavy (non-hydrogen) atoms. The molecule has 1 aromatic carbocycles. The molecule has 6 heteroatoms. The number of amides is 3. The van der Waals surface area contributed by atoms with Gasteiger partial charge in [0.05, 0.1) is 0 Å². The second-order valence-electron chi connectivity index (χ2n) is 4.85. The molecule has 0 saturated carbocycles. The van der Waals surface area contributed by atoms with Crippen molar-refractivity contribution in [2.45, 2.75) is 25.4 Å². The van der Waals surface area contributed by atoms with Crippen LogP contribution in [-0.2, 0) is 16.1 Å². The van der Waals surface area contributed by atoms with E-state index in [2.05, 4.69) is 11.1 Å². The molecule has 1 saturated heterocycles. The van der Waals surface area contributed by atoms with Gasteiger partial charge in [-0.25, -0.2) is 0 Å². The van der Waals surface area contributed by atoms with Crippen LogP contribution in [0.2, 0.25) is 0 Å². The maximum atomic E-state index is 12.4. The number of rotatable bonds is 1. The number of hydrogen-bond acceptors (Lipinski definition) is 3. The van der Waals surface area contributed by atoms with Crippen LogP contribution in [0.25, 0.3) is 0 Å². The molecule has 3 rings (SSSR count). The highest BCUT2D eigenvalue weighted by molar-refractivity contribution is 6.06. The molecule has 1 fully saturated rings. The molecule has 2 aliphatic heterocycles. The zero-order chi connectivity index (χ0) is 13.6. The first kappa shape index (κ1) is 11.9. The van der Waals surface area contributed by atoms with E-state index in [9.17, 15) is 14.4 Å². The Morgan fingerprint density at radius 2 is 2.05 bits per heavy atom. The van der Waals surface area contributed by atoms with Crippen LogP contribution in [0, 0.1) is 0 Å². The molecule has 0 aliphatic carbocycles. The summed E-state index contributed by atoms with van der Waals surface area (Å²) in [7, 11) is 0. The highest BCUT2D eigenvalue weighted by Crippen LogP contribution is 2.29. The summed E-state index contributed by atoms with van der Waals surface area (Å²) >= 11 is 0. The van der Waals surface area contributed by atoms with Crippen LogP contribution in [0.5, 0.6) is 0 Å². The lowest BCUT2D eigenvalue weighted by atomic mass is 10.0. The number of quaternary nitrogens is 1. The van der Waals surface area contributed by atoms with Gasteiger partial charge in [-0.2, -0.15) is 0 Å². The van der Waals surface area contributed by atoms with Crippen molar-refractivity contribution in [1.82, 2.24) is 10.2 Å². The van der Waals surface area contributed by atoms with Gasteiger partial charge in [0.1, 0.15) is 17.3 Å². The fourth-order valence-corrected chi connectivity index (χ4v) is 2.69. The molecule has 0 bridgehead atoms. The van der Waals surface area contributed by atoms with E-state index >= 15 is 0 Å². The minimum Gasteiger partial charge on any atom is -0.325 e. The van der Waals surface area contributed by atoms with Gasteiger partial charge in [0, 0.05) is 13.0 Å². The lowest BCUT2D eigenvalue weighted by Crippen LogP contribution is -2.52. The fourth-order valence-electron chi connectivity index (χ4n) is 2.69. The van der Waals surface area contributed by atoms with Gasteiger partial charge in [0.15, 0.2) is 0 Å². The van der Waals surface area contributed by atoms with Crippen molar-refractivity contribution in [2.24, 2.45) is 0 Å². The summed E-state index contributed by atoms with van der Waals surface area (Å²) in [6.07, 6.45) is 0.657. The van der Waals surface area contributed by atoms with Crippen LogP contribution in [0.3, 0.4) is 0 Å². The Balaban J connectivity index is 1.90. The molecule has 1 unspecified atom stereocenters. The van der Waals surface area contributed by atoms with Gasteiger partial charge >= 0.3 is 0 Å². The highest BCUT2D eigenvalue weighted by atomic mass is 16.2. The van der Waals surface area contributed by atoms with Gasteiger partial charge in [-0.1, -0.05) is 12.1 Å². The predicted octanol–water partition coefficient (Wildman–Crippen LogP) is -0.679. The van der Waals surface area contributed by atoms with E-state index in [-0.39, 0.29) is 24.1 Å². The third kappa shape index (κ3) is 1.80. The van der Waals surface area contributed by atoms with Crippen molar-refractivity contribution in [3.05, 3.63) is 29.3 Å². The van der Waals surface area contributed by atoms with E-state index < -0.39 is 6.04 Å². The zero-order valence-electron chi connectivity index (χ0n) is 10.3. The van der Waals surface area contributed by atoms with Crippen LogP contribution in [-0.4, -0.2) is 28.7 Å². The third-order valence-electron chi connectivity index (χ3n) is 3.64. The Morgan fingerprint density at radius 1 is 1.26 bits per heavy atom. The van der Waals surface area contributed by atoms with Crippen LogP contribution in [0.1, 0.15) is 28.8 Å². The summed E-state index contributed by atoms with van der Waals surface area (Å²) in [6.45, 7) is 0.407. The number of imide groups is 1. The Labute approximate surface area is 109 Å². The first-order valence-corrected chi connectivity index (χ1v) is 6.16. The summed E-state index contributed by atoms with van der Waals surface area (Å²) in [4.78, 5) is 36.9. The highest BCUT2D eigenvalue weighted by Gasteiger charge is 2.40. The van der Waals surface area contributed by atoms with Gasteiger partial charge in [-0.05, 0) is 18.1 Å². The normalized spacial score (nSPS) is 22.5. The summed E-state index contributed by atoms with van der Waals surface area (Å²) in [5, 5.41) is 2.28. The third-order valence-corrected chi connectivity index (χ3v) is 3.64.